The molecule has 1 aromatic rings. The number of hydrogen-bond donors (Lipinski definition) is 2. The first kappa shape index (κ1) is 8.93. The van der Waals surface area contributed by atoms with Crippen molar-refractivity contribution in [3.8, 4) is 0 Å². The van der Waals surface area contributed by atoms with Gasteiger partial charge in [0.25, 0.3) is 0 Å². The molecule has 1 heterocycles. The first-order valence-electron chi connectivity index (χ1n) is 4.15. The Labute approximate surface area is 79.1 Å². The van der Waals surface area contributed by atoms with Crippen LogP contribution in [0.25, 0.3) is 0 Å². The highest BCUT2D eigenvalue weighted by Crippen LogP contribution is 2.30. The molecule has 0 aliphatic carbocycles. The van der Waals surface area contributed by atoms with Gasteiger partial charge in [0.1, 0.15) is 6.04 Å². The van der Waals surface area contributed by atoms with Crippen LogP contribution in [-0.4, -0.2) is 11.9 Å². The average Bonchev–Trinajstić information content (AvgIpc) is 2.15. The Hall–Kier alpha value is -1.65. The summed E-state index contributed by atoms with van der Waals surface area (Å²) in [5.41, 5.74) is 0.282. The molecule has 2 rings (SSSR count). The van der Waals surface area contributed by atoms with E-state index in [-0.39, 0.29) is 17.3 Å². The summed E-state index contributed by atoms with van der Waals surface area (Å²) < 4.78 is 26.0. The molecule has 0 aromatic heterocycles. The molecule has 2 N–H and O–H groups in total. The highest BCUT2D eigenvalue weighted by molar-refractivity contribution is 6.02. The van der Waals surface area contributed by atoms with Crippen molar-refractivity contribution in [3.63, 3.8) is 0 Å². The Morgan fingerprint density at radius 2 is 2.07 bits per heavy atom. The summed E-state index contributed by atoms with van der Waals surface area (Å²) in [6, 6.07) is 1.75. The van der Waals surface area contributed by atoms with E-state index in [1.807, 2.05) is 0 Å². The summed E-state index contributed by atoms with van der Waals surface area (Å²) in [6.07, 6.45) is 0. The number of nitrogens with one attached hydrogen (secondary N) is 2. The van der Waals surface area contributed by atoms with Gasteiger partial charge in [-0.05, 0) is 19.1 Å². The van der Waals surface area contributed by atoms with Gasteiger partial charge < -0.3 is 10.6 Å². The lowest BCUT2D eigenvalue weighted by Crippen LogP contribution is -2.36. The molecular weight excluding hydrogens is 190 g/mol. The molecule has 0 fully saturated rings. The molecule has 1 atom stereocenters. The lowest BCUT2D eigenvalue weighted by molar-refractivity contribution is -0.116. The summed E-state index contributed by atoms with van der Waals surface area (Å²) in [5, 5.41) is 5.06. The van der Waals surface area contributed by atoms with Crippen molar-refractivity contribution in [3.05, 3.63) is 23.8 Å². The number of halogens is 2. The molecule has 0 spiro atoms. The number of rotatable bonds is 0. The fourth-order valence-electron chi connectivity index (χ4n) is 1.32. The Morgan fingerprint density at radius 1 is 1.36 bits per heavy atom. The molecule has 1 amide bonds. The maximum Gasteiger partial charge on any atom is 0.246 e. The Kier molecular flexibility index (Phi) is 1.87. The lowest BCUT2D eigenvalue weighted by atomic mass is 10.1. The van der Waals surface area contributed by atoms with Crippen molar-refractivity contribution >= 4 is 17.3 Å². The minimum Gasteiger partial charge on any atom is -0.370 e. The van der Waals surface area contributed by atoms with Gasteiger partial charge in [0.15, 0.2) is 11.6 Å². The first-order chi connectivity index (χ1) is 6.59. The third kappa shape index (κ3) is 1.21. The van der Waals surface area contributed by atoms with Crippen LogP contribution in [0, 0.1) is 11.6 Å². The third-order valence-corrected chi connectivity index (χ3v) is 2.11. The predicted molar refractivity (Wildman–Crippen MR) is 48.1 cm³/mol. The molecular formula is C9H8F2N2O. The highest BCUT2D eigenvalue weighted by atomic mass is 19.2. The standard InChI is InChI=1S/C9H8F2N2O/c1-4-9(14)13-6-3-2-5(10)7(11)8(6)12-4/h2-4,12H,1H3,(H,13,14). The first-order valence-corrected chi connectivity index (χ1v) is 4.15. The molecule has 74 valence electrons. The predicted octanol–water partition coefficient (Wildman–Crippen LogP) is 1.72. The Morgan fingerprint density at radius 3 is 2.79 bits per heavy atom. The second kappa shape index (κ2) is 2.94. The fourth-order valence-corrected chi connectivity index (χ4v) is 1.32. The molecule has 1 aromatic carbocycles. The molecule has 5 heteroatoms. The number of amides is 1. The van der Waals surface area contributed by atoms with Gasteiger partial charge in [-0.15, -0.1) is 0 Å². The Bertz CT molecular complexity index is 406. The van der Waals surface area contributed by atoms with Crippen molar-refractivity contribution in [2.45, 2.75) is 13.0 Å². The van der Waals surface area contributed by atoms with Crippen LogP contribution in [0.15, 0.2) is 12.1 Å². The summed E-state index contributed by atoms with van der Waals surface area (Å²) in [5.74, 6) is -2.16. The van der Waals surface area contributed by atoms with Crippen LogP contribution in [0.1, 0.15) is 6.92 Å². The zero-order valence-electron chi connectivity index (χ0n) is 7.40. The molecule has 1 unspecified atom stereocenters. The van der Waals surface area contributed by atoms with E-state index >= 15 is 0 Å². The molecule has 1 aliphatic heterocycles. The monoisotopic (exact) mass is 198 g/mol. The van der Waals surface area contributed by atoms with E-state index in [1.165, 1.54) is 6.07 Å². The highest BCUT2D eigenvalue weighted by Gasteiger charge is 2.25. The molecule has 0 saturated carbocycles. The van der Waals surface area contributed by atoms with Gasteiger partial charge >= 0.3 is 0 Å². The van der Waals surface area contributed by atoms with E-state index in [4.69, 9.17) is 0 Å². The van der Waals surface area contributed by atoms with Crippen LogP contribution in [0.2, 0.25) is 0 Å². The van der Waals surface area contributed by atoms with E-state index in [2.05, 4.69) is 10.6 Å². The average molecular weight is 198 g/mol. The van der Waals surface area contributed by atoms with Gasteiger partial charge in [0, 0.05) is 0 Å². The van der Waals surface area contributed by atoms with Crippen LogP contribution >= 0.6 is 0 Å². The lowest BCUT2D eigenvalue weighted by Gasteiger charge is -2.24. The normalized spacial score (nSPS) is 19.6. The minimum absolute atomic E-state index is 0.0112. The van der Waals surface area contributed by atoms with Crippen molar-refractivity contribution in [1.82, 2.24) is 0 Å². The van der Waals surface area contributed by atoms with Gasteiger partial charge in [-0.1, -0.05) is 0 Å². The van der Waals surface area contributed by atoms with Crippen molar-refractivity contribution in [2.75, 3.05) is 10.6 Å². The van der Waals surface area contributed by atoms with E-state index in [0.717, 1.165) is 6.07 Å². The van der Waals surface area contributed by atoms with Crippen LogP contribution < -0.4 is 10.6 Å². The number of benzene rings is 1. The topological polar surface area (TPSA) is 41.1 Å². The fraction of sp³-hybridized carbons (Fsp3) is 0.222. The number of hydrogen-bond acceptors (Lipinski definition) is 2. The second-order valence-corrected chi connectivity index (χ2v) is 3.14. The maximum absolute atomic E-state index is 13.2. The summed E-state index contributed by atoms with van der Waals surface area (Å²) in [7, 11) is 0. The van der Waals surface area contributed by atoms with Gasteiger partial charge in [0.05, 0.1) is 11.4 Å². The van der Waals surface area contributed by atoms with E-state index in [0.29, 0.717) is 0 Å². The number of carbonyl (C=O) groups is 1. The number of fused-ring (bicyclic) bond motifs is 1. The van der Waals surface area contributed by atoms with Crippen LogP contribution in [0.4, 0.5) is 20.2 Å². The molecule has 1 aliphatic rings. The Balaban J connectivity index is 2.52. The second-order valence-electron chi connectivity index (χ2n) is 3.14. The summed E-state index contributed by atoms with van der Waals surface area (Å²) in [4.78, 5) is 11.2. The van der Waals surface area contributed by atoms with Gasteiger partial charge in [-0.2, -0.15) is 0 Å². The van der Waals surface area contributed by atoms with E-state index in [1.54, 1.807) is 6.92 Å². The molecule has 0 bridgehead atoms. The van der Waals surface area contributed by atoms with Crippen LogP contribution in [-0.2, 0) is 4.79 Å². The largest absolute Gasteiger partial charge is 0.370 e. The third-order valence-electron chi connectivity index (χ3n) is 2.11. The zero-order chi connectivity index (χ0) is 10.3. The zero-order valence-corrected chi connectivity index (χ0v) is 7.40. The molecule has 14 heavy (non-hydrogen) atoms. The molecule has 3 nitrogen and oxygen atoms in total. The van der Waals surface area contributed by atoms with Gasteiger partial charge in [0.2, 0.25) is 5.91 Å². The minimum atomic E-state index is -0.964. The smallest absolute Gasteiger partial charge is 0.246 e. The SMILES string of the molecule is CC1Nc2c(ccc(F)c2F)NC1=O. The number of anilines is 2. The molecule has 0 radical (unpaired) electrons. The van der Waals surface area contributed by atoms with E-state index in [9.17, 15) is 13.6 Å². The quantitative estimate of drug-likeness (QED) is 0.666. The van der Waals surface area contributed by atoms with Crippen molar-refractivity contribution < 1.29 is 13.6 Å². The maximum atomic E-state index is 13.2. The van der Waals surface area contributed by atoms with Gasteiger partial charge in [-0.25, -0.2) is 8.78 Å². The van der Waals surface area contributed by atoms with Crippen molar-refractivity contribution in [1.29, 1.82) is 0 Å². The van der Waals surface area contributed by atoms with E-state index < -0.39 is 17.7 Å². The summed E-state index contributed by atoms with van der Waals surface area (Å²) >= 11 is 0. The summed E-state index contributed by atoms with van der Waals surface area (Å²) in [6.45, 7) is 1.57. The molecule has 0 saturated heterocycles. The van der Waals surface area contributed by atoms with Gasteiger partial charge in [-0.3, -0.25) is 4.79 Å². The van der Waals surface area contributed by atoms with Crippen molar-refractivity contribution in [2.24, 2.45) is 0 Å². The number of carbonyl (C=O) groups excluding carboxylic acids is 1. The van der Waals surface area contributed by atoms with Crippen LogP contribution in [0.5, 0.6) is 0 Å². The van der Waals surface area contributed by atoms with Crippen LogP contribution in [0.3, 0.4) is 0 Å².